The number of fused-ring (bicyclic) bond motifs is 1. The van der Waals surface area contributed by atoms with Crippen LogP contribution in [0.4, 0.5) is 0 Å². The highest BCUT2D eigenvalue weighted by atomic mass is 16.5. The third-order valence-electron chi connectivity index (χ3n) is 3.91. The molecule has 23 heavy (non-hydrogen) atoms. The Labute approximate surface area is 133 Å². The molecule has 3 rings (SSSR count). The van der Waals surface area contributed by atoms with Crippen LogP contribution in [-0.2, 0) is 6.54 Å². The van der Waals surface area contributed by atoms with Gasteiger partial charge >= 0.3 is 0 Å². The Morgan fingerprint density at radius 1 is 1.13 bits per heavy atom. The molecule has 0 amide bonds. The van der Waals surface area contributed by atoms with Gasteiger partial charge in [-0.1, -0.05) is 18.2 Å². The number of hydrogen-bond donors (Lipinski definition) is 0. The van der Waals surface area contributed by atoms with Gasteiger partial charge in [-0.25, -0.2) is 0 Å². The van der Waals surface area contributed by atoms with E-state index in [0.717, 1.165) is 10.9 Å². The molecule has 0 aliphatic carbocycles. The average Bonchev–Trinajstić information content (AvgIpc) is 2.57. The first-order valence-corrected chi connectivity index (χ1v) is 7.36. The number of benzene rings is 2. The fraction of sp³-hybridized carbons (Fsp3) is 0.158. The predicted molar refractivity (Wildman–Crippen MR) is 90.3 cm³/mol. The second-order valence-corrected chi connectivity index (χ2v) is 5.42. The standard InChI is InChI=1S/C19H17NO3/c1-13(21)15-7-8-18(23-2)16(11-15)12-20-10-9-14-5-3-4-6-17(14)19(20)22/h3-11H,12H2,1-2H3. The zero-order chi connectivity index (χ0) is 16.4. The van der Waals surface area contributed by atoms with Crippen molar-refractivity contribution in [3.05, 3.63) is 76.2 Å². The van der Waals surface area contributed by atoms with Gasteiger partial charge in [-0.3, -0.25) is 9.59 Å². The molecule has 0 saturated heterocycles. The van der Waals surface area contributed by atoms with E-state index in [-0.39, 0.29) is 11.3 Å². The maximum atomic E-state index is 12.6. The zero-order valence-electron chi connectivity index (χ0n) is 13.1. The summed E-state index contributed by atoms with van der Waals surface area (Å²) in [4.78, 5) is 24.2. The minimum absolute atomic E-state index is 0.0141. The van der Waals surface area contributed by atoms with Gasteiger partial charge in [0.2, 0.25) is 0 Å². The lowest BCUT2D eigenvalue weighted by molar-refractivity contribution is 0.101. The molecule has 0 saturated carbocycles. The number of aromatic nitrogens is 1. The van der Waals surface area contributed by atoms with Crippen LogP contribution in [0.3, 0.4) is 0 Å². The second-order valence-electron chi connectivity index (χ2n) is 5.42. The van der Waals surface area contributed by atoms with Crippen molar-refractivity contribution in [1.29, 1.82) is 0 Å². The van der Waals surface area contributed by atoms with Gasteiger partial charge in [-0.2, -0.15) is 0 Å². The summed E-state index contributed by atoms with van der Waals surface area (Å²) < 4.78 is 6.98. The highest BCUT2D eigenvalue weighted by Gasteiger charge is 2.10. The summed E-state index contributed by atoms with van der Waals surface area (Å²) >= 11 is 0. The number of methoxy groups -OCH3 is 1. The highest BCUT2D eigenvalue weighted by Crippen LogP contribution is 2.21. The first-order valence-electron chi connectivity index (χ1n) is 7.36. The van der Waals surface area contributed by atoms with Crippen molar-refractivity contribution in [3.63, 3.8) is 0 Å². The number of hydrogen-bond acceptors (Lipinski definition) is 3. The fourth-order valence-electron chi connectivity index (χ4n) is 2.66. The van der Waals surface area contributed by atoms with Crippen molar-refractivity contribution in [2.24, 2.45) is 0 Å². The van der Waals surface area contributed by atoms with E-state index >= 15 is 0 Å². The number of carbonyl (C=O) groups is 1. The van der Waals surface area contributed by atoms with E-state index in [4.69, 9.17) is 4.74 Å². The summed E-state index contributed by atoms with van der Waals surface area (Å²) in [5, 5.41) is 1.59. The van der Waals surface area contributed by atoms with Crippen molar-refractivity contribution in [2.45, 2.75) is 13.5 Å². The zero-order valence-corrected chi connectivity index (χ0v) is 13.1. The van der Waals surface area contributed by atoms with Crippen LogP contribution in [0.1, 0.15) is 22.8 Å². The minimum Gasteiger partial charge on any atom is -0.496 e. The number of Topliss-reactive ketones (excluding diaryl/α,β-unsaturated/α-hetero) is 1. The molecule has 4 heteroatoms. The van der Waals surface area contributed by atoms with Crippen molar-refractivity contribution in [3.8, 4) is 5.75 Å². The van der Waals surface area contributed by atoms with Crippen LogP contribution in [-0.4, -0.2) is 17.5 Å². The quantitative estimate of drug-likeness (QED) is 0.695. The molecule has 0 unspecified atom stereocenters. The van der Waals surface area contributed by atoms with Crippen LogP contribution in [0.15, 0.2) is 59.5 Å². The molecule has 0 spiro atoms. The number of ether oxygens (including phenoxy) is 1. The minimum atomic E-state index is -0.0571. The van der Waals surface area contributed by atoms with Gasteiger partial charge in [0.15, 0.2) is 5.78 Å². The summed E-state index contributed by atoms with van der Waals surface area (Å²) in [5.74, 6) is 0.648. The van der Waals surface area contributed by atoms with Crippen LogP contribution in [0, 0.1) is 0 Å². The van der Waals surface area contributed by atoms with Crippen molar-refractivity contribution in [2.75, 3.05) is 7.11 Å². The lowest BCUT2D eigenvalue weighted by Crippen LogP contribution is -2.20. The van der Waals surface area contributed by atoms with E-state index in [0.29, 0.717) is 23.2 Å². The van der Waals surface area contributed by atoms with Gasteiger partial charge in [0, 0.05) is 22.7 Å². The van der Waals surface area contributed by atoms with Crippen LogP contribution in [0.2, 0.25) is 0 Å². The number of carbonyl (C=O) groups excluding carboxylic acids is 1. The lowest BCUT2D eigenvalue weighted by atomic mass is 10.1. The summed E-state index contributed by atoms with van der Waals surface area (Å²) in [7, 11) is 1.58. The van der Waals surface area contributed by atoms with Crippen LogP contribution in [0.25, 0.3) is 10.8 Å². The van der Waals surface area contributed by atoms with E-state index < -0.39 is 0 Å². The van der Waals surface area contributed by atoms with Gasteiger partial charge in [-0.15, -0.1) is 0 Å². The SMILES string of the molecule is COc1ccc(C(C)=O)cc1Cn1ccc2ccccc2c1=O. The largest absolute Gasteiger partial charge is 0.496 e. The monoisotopic (exact) mass is 307 g/mol. The van der Waals surface area contributed by atoms with E-state index in [2.05, 4.69) is 0 Å². The number of pyridine rings is 1. The molecule has 3 aromatic rings. The molecule has 0 aliphatic rings. The number of ketones is 1. The molecule has 1 aromatic heterocycles. The van der Waals surface area contributed by atoms with Crippen LogP contribution in [0.5, 0.6) is 5.75 Å². The lowest BCUT2D eigenvalue weighted by Gasteiger charge is -2.12. The molecule has 4 nitrogen and oxygen atoms in total. The normalized spacial score (nSPS) is 10.7. The van der Waals surface area contributed by atoms with Gasteiger partial charge in [0.25, 0.3) is 5.56 Å². The summed E-state index contributed by atoms with van der Waals surface area (Å²) in [6.45, 7) is 1.88. The van der Waals surface area contributed by atoms with Crippen molar-refractivity contribution >= 4 is 16.6 Å². The molecular formula is C19H17NO3. The summed E-state index contributed by atoms with van der Waals surface area (Å²) in [6, 6.07) is 14.7. The van der Waals surface area contributed by atoms with E-state index in [1.807, 2.05) is 30.3 Å². The van der Waals surface area contributed by atoms with Crippen molar-refractivity contribution in [1.82, 2.24) is 4.57 Å². The molecule has 0 bridgehead atoms. The molecule has 0 aliphatic heterocycles. The first kappa shape index (κ1) is 15.0. The Balaban J connectivity index is 2.08. The summed E-state index contributed by atoms with van der Waals surface area (Å²) in [6.07, 6.45) is 1.77. The maximum absolute atomic E-state index is 12.6. The van der Waals surface area contributed by atoms with Gasteiger partial charge in [-0.05, 0) is 42.6 Å². The van der Waals surface area contributed by atoms with Gasteiger partial charge in [0.1, 0.15) is 5.75 Å². The Morgan fingerprint density at radius 2 is 1.91 bits per heavy atom. The van der Waals surface area contributed by atoms with Crippen molar-refractivity contribution < 1.29 is 9.53 Å². The van der Waals surface area contributed by atoms with Gasteiger partial charge < -0.3 is 9.30 Å². The Morgan fingerprint density at radius 3 is 2.65 bits per heavy atom. The molecule has 2 aromatic carbocycles. The maximum Gasteiger partial charge on any atom is 0.258 e. The van der Waals surface area contributed by atoms with E-state index in [1.54, 1.807) is 36.1 Å². The van der Waals surface area contributed by atoms with Crippen LogP contribution < -0.4 is 10.3 Å². The molecule has 116 valence electrons. The van der Waals surface area contributed by atoms with E-state index in [1.165, 1.54) is 6.92 Å². The smallest absolute Gasteiger partial charge is 0.258 e. The molecular weight excluding hydrogens is 290 g/mol. The van der Waals surface area contributed by atoms with Crippen LogP contribution >= 0.6 is 0 Å². The predicted octanol–water partition coefficient (Wildman–Crippen LogP) is 3.26. The number of rotatable bonds is 4. The molecule has 0 atom stereocenters. The first-order chi connectivity index (χ1) is 11.1. The fourth-order valence-corrected chi connectivity index (χ4v) is 2.66. The molecule has 0 radical (unpaired) electrons. The molecule has 0 fully saturated rings. The van der Waals surface area contributed by atoms with E-state index in [9.17, 15) is 9.59 Å². The number of nitrogens with zero attached hydrogens (tertiary/aromatic N) is 1. The molecule has 0 N–H and O–H groups in total. The molecule has 1 heterocycles. The third kappa shape index (κ3) is 2.88. The topological polar surface area (TPSA) is 48.3 Å². The Kier molecular flexibility index (Phi) is 3.98. The highest BCUT2D eigenvalue weighted by molar-refractivity contribution is 5.94. The second kappa shape index (κ2) is 6.08. The average molecular weight is 307 g/mol. The van der Waals surface area contributed by atoms with Gasteiger partial charge in [0.05, 0.1) is 13.7 Å². The third-order valence-corrected chi connectivity index (χ3v) is 3.91. The summed E-state index contributed by atoms with van der Waals surface area (Å²) in [5.41, 5.74) is 1.35. The Hall–Kier alpha value is -2.88. The Bertz CT molecular complexity index is 941.